The monoisotopic (exact) mass is 215 g/mol. The maximum Gasteiger partial charge on any atom is 0.527 e. The van der Waals surface area contributed by atoms with Crippen LogP contribution < -0.4 is 5.90 Å². The molecule has 0 bridgehead atoms. The summed E-state index contributed by atoms with van der Waals surface area (Å²) in [4.78, 5) is 14.5. The first kappa shape index (κ1) is 12.3. The van der Waals surface area contributed by atoms with Crippen LogP contribution in [-0.4, -0.2) is 12.8 Å². The van der Waals surface area contributed by atoms with Gasteiger partial charge in [-0.05, 0) is 24.7 Å². The number of carbonyl (C=O) groups is 1. The van der Waals surface area contributed by atoms with Gasteiger partial charge in [-0.15, -0.1) is 0 Å². The molecule has 1 fully saturated rings. The maximum atomic E-state index is 10.6. The Bertz CT molecular complexity index is 196. The second kappa shape index (κ2) is 6.67. The fourth-order valence-corrected chi connectivity index (χ4v) is 2.45. The van der Waals surface area contributed by atoms with Crippen LogP contribution in [0.4, 0.5) is 4.79 Å². The van der Waals surface area contributed by atoms with E-state index in [1.807, 2.05) is 0 Å². The highest BCUT2D eigenvalue weighted by molar-refractivity contribution is 5.59. The van der Waals surface area contributed by atoms with E-state index >= 15 is 0 Å². The third-order valence-corrected chi connectivity index (χ3v) is 3.19. The van der Waals surface area contributed by atoms with E-state index in [0.29, 0.717) is 12.5 Å². The molecule has 4 heteroatoms. The molecule has 0 heterocycles. The largest absolute Gasteiger partial charge is 0.527 e. The Morgan fingerprint density at radius 3 is 2.60 bits per heavy atom. The van der Waals surface area contributed by atoms with Gasteiger partial charge in [0.25, 0.3) is 0 Å². The number of nitrogens with two attached hydrogens (primary N) is 1. The van der Waals surface area contributed by atoms with Crippen molar-refractivity contribution >= 4 is 6.16 Å². The van der Waals surface area contributed by atoms with Gasteiger partial charge in [0.2, 0.25) is 0 Å². The molecule has 0 saturated heterocycles. The van der Waals surface area contributed by atoms with E-state index in [0.717, 1.165) is 12.3 Å². The molecule has 0 spiro atoms. The van der Waals surface area contributed by atoms with Crippen molar-refractivity contribution in [2.24, 2.45) is 17.7 Å². The van der Waals surface area contributed by atoms with Crippen LogP contribution in [0, 0.1) is 11.8 Å². The normalized spacial score (nSPS) is 25.2. The van der Waals surface area contributed by atoms with Crippen molar-refractivity contribution < 1.29 is 14.4 Å². The van der Waals surface area contributed by atoms with Crippen LogP contribution in [0.15, 0.2) is 0 Å². The summed E-state index contributed by atoms with van der Waals surface area (Å²) in [6.45, 7) is 2.66. The van der Waals surface area contributed by atoms with E-state index in [9.17, 15) is 4.79 Å². The van der Waals surface area contributed by atoms with Gasteiger partial charge in [-0.3, -0.25) is 0 Å². The van der Waals surface area contributed by atoms with Gasteiger partial charge in [0.1, 0.15) is 0 Å². The van der Waals surface area contributed by atoms with Crippen LogP contribution >= 0.6 is 0 Å². The first-order valence-electron chi connectivity index (χ1n) is 5.79. The van der Waals surface area contributed by atoms with Crippen molar-refractivity contribution in [2.75, 3.05) is 6.61 Å². The van der Waals surface area contributed by atoms with Gasteiger partial charge in [0, 0.05) is 0 Å². The third kappa shape index (κ3) is 4.51. The number of carbonyl (C=O) groups excluding carboxylic acids is 1. The highest BCUT2D eigenvalue weighted by Gasteiger charge is 2.23. The molecule has 0 aromatic carbocycles. The minimum atomic E-state index is -0.780. The van der Waals surface area contributed by atoms with E-state index < -0.39 is 6.16 Å². The average Bonchev–Trinajstić information content (AvgIpc) is 2.66. The van der Waals surface area contributed by atoms with Crippen LogP contribution in [0.5, 0.6) is 0 Å². The van der Waals surface area contributed by atoms with E-state index in [2.05, 4.69) is 17.7 Å². The van der Waals surface area contributed by atoms with Crippen molar-refractivity contribution in [2.45, 2.75) is 45.4 Å². The Kier molecular flexibility index (Phi) is 5.47. The molecule has 4 nitrogen and oxygen atoms in total. The molecule has 0 aliphatic heterocycles. The van der Waals surface area contributed by atoms with Crippen LogP contribution in [0.3, 0.4) is 0 Å². The number of hydrogen-bond acceptors (Lipinski definition) is 4. The first-order valence-corrected chi connectivity index (χ1v) is 5.79. The van der Waals surface area contributed by atoms with Crippen molar-refractivity contribution in [1.29, 1.82) is 0 Å². The van der Waals surface area contributed by atoms with Gasteiger partial charge in [0.15, 0.2) is 0 Å². The van der Waals surface area contributed by atoms with Gasteiger partial charge in [0.05, 0.1) is 6.61 Å². The van der Waals surface area contributed by atoms with Gasteiger partial charge in [-0.2, -0.15) is 5.90 Å². The average molecular weight is 215 g/mol. The molecule has 0 aromatic rings. The van der Waals surface area contributed by atoms with Gasteiger partial charge < -0.3 is 9.57 Å². The second-order valence-electron chi connectivity index (χ2n) is 4.34. The lowest BCUT2D eigenvalue weighted by atomic mass is 9.99. The number of ether oxygens (including phenoxy) is 1. The molecule has 88 valence electrons. The number of rotatable bonds is 5. The zero-order valence-corrected chi connectivity index (χ0v) is 9.41. The summed E-state index contributed by atoms with van der Waals surface area (Å²) in [7, 11) is 0. The van der Waals surface area contributed by atoms with Crippen molar-refractivity contribution in [3.63, 3.8) is 0 Å². The van der Waals surface area contributed by atoms with Crippen molar-refractivity contribution in [1.82, 2.24) is 0 Å². The summed E-state index contributed by atoms with van der Waals surface area (Å²) < 4.78 is 4.76. The van der Waals surface area contributed by atoms with Gasteiger partial charge in [-0.25, -0.2) is 4.79 Å². The fraction of sp³-hybridized carbons (Fsp3) is 0.909. The predicted molar refractivity (Wildman–Crippen MR) is 57.0 cm³/mol. The first-order chi connectivity index (χ1) is 7.26. The van der Waals surface area contributed by atoms with E-state index in [4.69, 9.17) is 4.74 Å². The maximum absolute atomic E-state index is 10.6. The topological polar surface area (TPSA) is 61.5 Å². The highest BCUT2D eigenvalue weighted by atomic mass is 16.8. The SMILES string of the molecule is CCCC1CCC(CCOC(=O)ON)C1. The molecule has 2 atom stereocenters. The summed E-state index contributed by atoms with van der Waals surface area (Å²) in [6, 6.07) is 0. The van der Waals surface area contributed by atoms with Crippen LogP contribution in [0.2, 0.25) is 0 Å². The Labute approximate surface area is 91.1 Å². The quantitative estimate of drug-likeness (QED) is 0.565. The summed E-state index contributed by atoms with van der Waals surface area (Å²) in [5.74, 6) is 6.26. The molecule has 2 N–H and O–H groups in total. The zero-order chi connectivity index (χ0) is 11.1. The molecular weight excluding hydrogens is 194 g/mol. The van der Waals surface area contributed by atoms with Gasteiger partial charge in [-0.1, -0.05) is 32.6 Å². The van der Waals surface area contributed by atoms with Crippen molar-refractivity contribution in [3.05, 3.63) is 0 Å². The summed E-state index contributed by atoms with van der Waals surface area (Å²) in [6.07, 6.45) is 6.66. The third-order valence-electron chi connectivity index (χ3n) is 3.19. The highest BCUT2D eigenvalue weighted by Crippen LogP contribution is 2.35. The minimum Gasteiger partial charge on any atom is -0.433 e. The van der Waals surface area contributed by atoms with E-state index in [1.54, 1.807) is 0 Å². The molecule has 1 saturated carbocycles. The smallest absolute Gasteiger partial charge is 0.433 e. The second-order valence-corrected chi connectivity index (χ2v) is 4.34. The molecule has 0 radical (unpaired) electrons. The van der Waals surface area contributed by atoms with E-state index in [1.165, 1.54) is 32.1 Å². The van der Waals surface area contributed by atoms with Crippen molar-refractivity contribution in [3.8, 4) is 0 Å². The molecule has 15 heavy (non-hydrogen) atoms. The van der Waals surface area contributed by atoms with Crippen LogP contribution in [0.25, 0.3) is 0 Å². The lowest BCUT2D eigenvalue weighted by molar-refractivity contribution is 0.0513. The molecule has 0 aromatic heterocycles. The Hall–Kier alpha value is -0.770. The fourth-order valence-electron chi connectivity index (χ4n) is 2.45. The molecule has 1 aliphatic carbocycles. The standard InChI is InChI=1S/C11H21NO3/c1-2-3-9-4-5-10(8-9)6-7-14-11(13)15-12/h9-10H,2-8,12H2,1H3. The minimum absolute atomic E-state index is 0.430. The lowest BCUT2D eigenvalue weighted by Gasteiger charge is -2.10. The van der Waals surface area contributed by atoms with Crippen LogP contribution in [0.1, 0.15) is 45.4 Å². The Balaban J connectivity index is 2.06. The molecule has 0 amide bonds. The number of hydrogen-bond donors (Lipinski definition) is 1. The van der Waals surface area contributed by atoms with E-state index in [-0.39, 0.29) is 0 Å². The van der Waals surface area contributed by atoms with Crippen LogP contribution in [-0.2, 0) is 9.57 Å². The predicted octanol–water partition coefficient (Wildman–Crippen LogP) is 2.62. The molecule has 2 unspecified atom stereocenters. The Morgan fingerprint density at radius 1 is 1.33 bits per heavy atom. The summed E-state index contributed by atoms with van der Waals surface area (Å²) >= 11 is 0. The summed E-state index contributed by atoms with van der Waals surface area (Å²) in [5.41, 5.74) is 0. The molecule has 1 aliphatic rings. The molecular formula is C11H21NO3. The lowest BCUT2D eigenvalue weighted by Crippen LogP contribution is -2.13. The zero-order valence-electron chi connectivity index (χ0n) is 9.41. The van der Waals surface area contributed by atoms with Gasteiger partial charge >= 0.3 is 6.16 Å². The molecule has 1 rings (SSSR count). The summed E-state index contributed by atoms with van der Waals surface area (Å²) in [5, 5.41) is 0. The Morgan fingerprint density at radius 2 is 2.00 bits per heavy atom.